The lowest BCUT2D eigenvalue weighted by molar-refractivity contribution is -0.138. The lowest BCUT2D eigenvalue weighted by Crippen LogP contribution is -2.54. The summed E-state index contributed by atoms with van der Waals surface area (Å²) < 4.78 is 0. The fourth-order valence-corrected chi connectivity index (χ4v) is 2.25. The predicted molar refractivity (Wildman–Crippen MR) is 59.3 cm³/mol. The maximum Gasteiger partial charge on any atom is 0.242 e. The van der Waals surface area contributed by atoms with Gasteiger partial charge in [0.1, 0.15) is 0 Å². The first kappa shape index (κ1) is 12.5. The number of aliphatic hydroxyl groups is 1. The van der Waals surface area contributed by atoms with Gasteiger partial charge in [-0.2, -0.15) is 0 Å². The first-order valence-corrected chi connectivity index (χ1v) is 5.51. The molecule has 1 amide bonds. The zero-order valence-corrected chi connectivity index (χ0v) is 9.92. The predicted octanol–water partition coefficient (Wildman–Crippen LogP) is 0.487. The molecule has 0 unspecified atom stereocenters. The minimum atomic E-state index is -0.862. The fourth-order valence-electron chi connectivity index (χ4n) is 2.25. The van der Waals surface area contributed by atoms with E-state index in [0.29, 0.717) is 6.54 Å². The van der Waals surface area contributed by atoms with E-state index in [0.717, 1.165) is 25.7 Å². The van der Waals surface area contributed by atoms with Gasteiger partial charge in [0.2, 0.25) is 5.91 Å². The minimum Gasteiger partial charge on any atom is -0.389 e. The van der Waals surface area contributed by atoms with Crippen LogP contribution in [0.4, 0.5) is 0 Å². The molecule has 0 saturated heterocycles. The van der Waals surface area contributed by atoms with E-state index in [9.17, 15) is 9.90 Å². The first-order valence-electron chi connectivity index (χ1n) is 5.51. The van der Waals surface area contributed by atoms with E-state index in [-0.39, 0.29) is 5.91 Å². The van der Waals surface area contributed by atoms with Crippen LogP contribution in [0.25, 0.3) is 0 Å². The molecule has 0 aromatic heterocycles. The smallest absolute Gasteiger partial charge is 0.242 e. The number of amides is 1. The van der Waals surface area contributed by atoms with E-state index in [1.165, 1.54) is 0 Å². The number of nitrogens with two attached hydrogens (primary N) is 1. The van der Waals surface area contributed by atoms with Crippen molar-refractivity contribution in [1.82, 2.24) is 4.90 Å². The highest BCUT2D eigenvalue weighted by Gasteiger charge is 2.39. The summed E-state index contributed by atoms with van der Waals surface area (Å²) in [6, 6.07) is 0. The van der Waals surface area contributed by atoms with E-state index in [1.54, 1.807) is 25.8 Å². The molecule has 0 aromatic rings. The van der Waals surface area contributed by atoms with Crippen molar-refractivity contribution < 1.29 is 9.90 Å². The number of carbonyl (C=O) groups excluding carboxylic acids is 1. The molecule has 1 rings (SSSR count). The molecule has 0 bridgehead atoms. The summed E-state index contributed by atoms with van der Waals surface area (Å²) in [4.78, 5) is 13.6. The summed E-state index contributed by atoms with van der Waals surface area (Å²) in [5.74, 6) is -0.0397. The molecule has 1 aliphatic rings. The van der Waals surface area contributed by atoms with Gasteiger partial charge >= 0.3 is 0 Å². The van der Waals surface area contributed by atoms with Crippen molar-refractivity contribution in [3.8, 4) is 0 Å². The average Bonchev–Trinajstić information content (AvgIpc) is 2.49. The summed E-state index contributed by atoms with van der Waals surface area (Å²) >= 11 is 0. The van der Waals surface area contributed by atoms with Crippen molar-refractivity contribution >= 4 is 5.91 Å². The van der Waals surface area contributed by atoms with Crippen LogP contribution in [0.2, 0.25) is 0 Å². The van der Waals surface area contributed by atoms with Crippen LogP contribution in [0.5, 0.6) is 0 Å². The highest BCUT2D eigenvalue weighted by Crippen LogP contribution is 2.28. The molecule has 0 spiro atoms. The molecule has 0 aliphatic heterocycles. The van der Waals surface area contributed by atoms with Crippen LogP contribution in [0.1, 0.15) is 39.5 Å². The normalized spacial score (nSPS) is 20.3. The SMILES string of the molecule is CN(CC(C)(C)O)C(=O)C1(N)CCCC1. The summed E-state index contributed by atoms with van der Waals surface area (Å²) in [7, 11) is 1.70. The first-order chi connectivity index (χ1) is 6.75. The van der Waals surface area contributed by atoms with E-state index < -0.39 is 11.1 Å². The molecule has 15 heavy (non-hydrogen) atoms. The minimum absolute atomic E-state index is 0.0397. The van der Waals surface area contributed by atoms with Crippen LogP contribution >= 0.6 is 0 Å². The third-order valence-corrected chi connectivity index (χ3v) is 2.89. The van der Waals surface area contributed by atoms with Gasteiger partial charge in [-0.25, -0.2) is 0 Å². The van der Waals surface area contributed by atoms with Crippen LogP contribution in [-0.4, -0.2) is 40.6 Å². The van der Waals surface area contributed by atoms with Crippen LogP contribution in [-0.2, 0) is 4.79 Å². The number of nitrogens with zero attached hydrogens (tertiary/aromatic N) is 1. The Balaban J connectivity index is 2.60. The monoisotopic (exact) mass is 214 g/mol. The third kappa shape index (κ3) is 3.18. The Bertz CT molecular complexity index is 239. The number of likely N-dealkylation sites (N-methyl/N-ethyl adjacent to an activating group) is 1. The largest absolute Gasteiger partial charge is 0.389 e. The van der Waals surface area contributed by atoms with Gasteiger partial charge in [-0.1, -0.05) is 12.8 Å². The molecule has 1 fully saturated rings. The summed E-state index contributed by atoms with van der Waals surface area (Å²) in [5, 5.41) is 9.63. The van der Waals surface area contributed by atoms with E-state index in [1.807, 2.05) is 0 Å². The summed E-state index contributed by atoms with van der Waals surface area (Å²) in [6.07, 6.45) is 3.58. The zero-order valence-electron chi connectivity index (χ0n) is 9.92. The fraction of sp³-hybridized carbons (Fsp3) is 0.909. The molecule has 0 atom stereocenters. The highest BCUT2D eigenvalue weighted by molar-refractivity contribution is 5.86. The topological polar surface area (TPSA) is 66.6 Å². The number of hydrogen-bond donors (Lipinski definition) is 2. The molecular formula is C11H22N2O2. The molecule has 1 aliphatic carbocycles. The van der Waals surface area contributed by atoms with Crippen molar-refractivity contribution in [1.29, 1.82) is 0 Å². The molecule has 0 heterocycles. The summed E-state index contributed by atoms with van der Waals surface area (Å²) in [5.41, 5.74) is 4.51. The van der Waals surface area contributed by atoms with Crippen LogP contribution < -0.4 is 5.73 Å². The van der Waals surface area contributed by atoms with Crippen LogP contribution in [0.15, 0.2) is 0 Å². The van der Waals surface area contributed by atoms with Gasteiger partial charge < -0.3 is 15.7 Å². The molecular weight excluding hydrogens is 192 g/mol. The van der Waals surface area contributed by atoms with Crippen molar-refractivity contribution in [2.45, 2.75) is 50.7 Å². The van der Waals surface area contributed by atoms with E-state index in [4.69, 9.17) is 5.73 Å². The second-order valence-electron chi connectivity index (χ2n) is 5.34. The van der Waals surface area contributed by atoms with Gasteiger partial charge in [0, 0.05) is 13.6 Å². The Labute approximate surface area is 91.4 Å². The van der Waals surface area contributed by atoms with Gasteiger partial charge in [-0.15, -0.1) is 0 Å². The van der Waals surface area contributed by atoms with Gasteiger partial charge in [0.25, 0.3) is 0 Å². The molecule has 88 valence electrons. The number of rotatable bonds is 3. The number of carbonyl (C=O) groups is 1. The molecule has 4 heteroatoms. The molecule has 0 radical (unpaired) electrons. The van der Waals surface area contributed by atoms with Crippen LogP contribution in [0.3, 0.4) is 0 Å². The summed E-state index contributed by atoms with van der Waals surface area (Å²) in [6.45, 7) is 3.70. The maximum atomic E-state index is 12.0. The molecule has 3 N–H and O–H groups in total. The van der Waals surface area contributed by atoms with Crippen molar-refractivity contribution in [3.05, 3.63) is 0 Å². The van der Waals surface area contributed by atoms with E-state index in [2.05, 4.69) is 0 Å². The highest BCUT2D eigenvalue weighted by atomic mass is 16.3. The molecule has 4 nitrogen and oxygen atoms in total. The van der Waals surface area contributed by atoms with Crippen molar-refractivity contribution in [2.24, 2.45) is 5.73 Å². The van der Waals surface area contributed by atoms with Gasteiger partial charge in [-0.3, -0.25) is 4.79 Å². The standard InChI is InChI=1S/C11H22N2O2/c1-10(2,15)8-13(3)9(14)11(12)6-4-5-7-11/h15H,4-8,12H2,1-3H3. The number of hydrogen-bond acceptors (Lipinski definition) is 3. The zero-order chi connectivity index (χ0) is 11.7. The Morgan fingerprint density at radius 2 is 1.93 bits per heavy atom. The molecule has 1 saturated carbocycles. The van der Waals surface area contributed by atoms with Gasteiger partial charge in [0.05, 0.1) is 11.1 Å². The Morgan fingerprint density at radius 1 is 1.47 bits per heavy atom. The Hall–Kier alpha value is -0.610. The quantitative estimate of drug-likeness (QED) is 0.718. The Kier molecular flexibility index (Phi) is 3.41. The lowest BCUT2D eigenvalue weighted by Gasteiger charge is -2.32. The van der Waals surface area contributed by atoms with E-state index >= 15 is 0 Å². The van der Waals surface area contributed by atoms with Crippen LogP contribution in [0, 0.1) is 0 Å². The maximum absolute atomic E-state index is 12.0. The third-order valence-electron chi connectivity index (χ3n) is 2.89. The molecule has 0 aromatic carbocycles. The van der Waals surface area contributed by atoms with Gasteiger partial charge in [0.15, 0.2) is 0 Å². The lowest BCUT2D eigenvalue weighted by atomic mass is 9.96. The van der Waals surface area contributed by atoms with Crippen molar-refractivity contribution in [3.63, 3.8) is 0 Å². The van der Waals surface area contributed by atoms with Gasteiger partial charge in [-0.05, 0) is 26.7 Å². The Morgan fingerprint density at radius 3 is 2.33 bits per heavy atom. The average molecular weight is 214 g/mol. The van der Waals surface area contributed by atoms with Crippen molar-refractivity contribution in [2.75, 3.05) is 13.6 Å². The second kappa shape index (κ2) is 4.10. The second-order valence-corrected chi connectivity index (χ2v) is 5.34.